The number of hydrogen-bond donors (Lipinski definition) is 1. The van der Waals surface area contributed by atoms with Gasteiger partial charge < -0.3 is 15.1 Å². The Bertz CT molecular complexity index is 1710. The topological polar surface area (TPSA) is 63.1 Å². The van der Waals surface area contributed by atoms with Gasteiger partial charge in [0.05, 0.1) is 5.76 Å². The van der Waals surface area contributed by atoms with E-state index in [0.29, 0.717) is 0 Å². The largest absolute Gasteiger partial charge is 0.512 e. The monoisotopic (exact) mass is 749 g/mol. The number of allylic oxidation sites excluding steroid dienone is 2. The normalized spacial score (nSPS) is 11.1. The summed E-state index contributed by atoms with van der Waals surface area (Å²) in [5, 5.41) is 20.5. The number of aliphatic hydroxyl groups is 1. The van der Waals surface area contributed by atoms with E-state index in [4.69, 9.17) is 5.11 Å². The SMILES string of the molecule is CC(=O)/C=C(/C)O.[Ir].[c-]1cccc2c1c1ncccc1c1ccccc21.[c-]1cccc2c1c1ncccc1c1ccccc21. The van der Waals surface area contributed by atoms with Crippen LogP contribution in [0.2, 0.25) is 0 Å². The van der Waals surface area contributed by atoms with Gasteiger partial charge in [0.2, 0.25) is 0 Å². The van der Waals surface area contributed by atoms with Crippen molar-refractivity contribution in [3.63, 3.8) is 0 Å². The summed E-state index contributed by atoms with van der Waals surface area (Å²) < 4.78 is 0. The van der Waals surface area contributed by atoms with Crippen LogP contribution in [0.1, 0.15) is 13.8 Å². The average molecular weight is 749 g/mol. The minimum Gasteiger partial charge on any atom is -0.512 e. The van der Waals surface area contributed by atoms with Gasteiger partial charge in [0.25, 0.3) is 0 Å². The van der Waals surface area contributed by atoms with Crippen molar-refractivity contribution < 1.29 is 30.0 Å². The van der Waals surface area contributed by atoms with E-state index in [1.54, 1.807) is 0 Å². The standard InChI is InChI=1S/2C17H10N.C5H8O2.Ir/c2*1-2-7-14-12(6-1)13-8-3-4-9-15(13)17-16(14)10-5-11-18-17;1-4(6)3-5(2)7;/h2*1-8,10-11H;3,6H,1-2H3;/q2*-1;;/b;;4-3-;. The summed E-state index contributed by atoms with van der Waals surface area (Å²) >= 11 is 0. The van der Waals surface area contributed by atoms with Crippen molar-refractivity contribution in [2.45, 2.75) is 13.8 Å². The van der Waals surface area contributed by atoms with Crippen LogP contribution in [0.25, 0.3) is 64.9 Å². The Morgan fingerprint density at radius 1 is 0.568 bits per heavy atom. The van der Waals surface area contributed by atoms with Crippen LogP contribution in [-0.4, -0.2) is 20.9 Å². The van der Waals surface area contributed by atoms with Gasteiger partial charge in [-0.05, 0) is 58.6 Å². The molecule has 2 heterocycles. The first kappa shape index (κ1) is 30.5. The minimum atomic E-state index is -0.125. The number of carbonyl (C=O) groups excluding carboxylic acids is 1. The van der Waals surface area contributed by atoms with E-state index < -0.39 is 0 Å². The van der Waals surface area contributed by atoms with E-state index in [-0.39, 0.29) is 31.6 Å². The Morgan fingerprint density at radius 3 is 1.30 bits per heavy atom. The van der Waals surface area contributed by atoms with Crippen LogP contribution in [0.4, 0.5) is 0 Å². The molecule has 0 fully saturated rings. The molecule has 0 aliphatic carbocycles. The van der Waals surface area contributed by atoms with Crippen LogP contribution >= 0.6 is 0 Å². The summed E-state index contributed by atoms with van der Waals surface area (Å²) in [6.07, 6.45) is 4.86. The molecule has 2 aromatic heterocycles. The van der Waals surface area contributed by atoms with Crippen molar-refractivity contribution in [3.8, 4) is 0 Å². The van der Waals surface area contributed by atoms with Gasteiger partial charge in [-0.15, -0.1) is 59.3 Å². The number of rotatable bonds is 1. The Balaban J connectivity index is 0.000000142. The van der Waals surface area contributed by atoms with Crippen LogP contribution in [0.5, 0.6) is 0 Å². The number of nitrogens with zero attached hydrogens (tertiary/aromatic N) is 2. The van der Waals surface area contributed by atoms with Crippen molar-refractivity contribution in [3.05, 3.63) is 146 Å². The second-order valence-electron chi connectivity index (χ2n) is 10.2. The van der Waals surface area contributed by atoms with Gasteiger partial charge >= 0.3 is 0 Å². The number of pyridine rings is 2. The second kappa shape index (κ2) is 13.6. The number of hydrogen-bond acceptors (Lipinski definition) is 4. The number of fused-ring (bicyclic) bond motifs is 12. The van der Waals surface area contributed by atoms with Crippen LogP contribution in [0.3, 0.4) is 0 Å². The van der Waals surface area contributed by atoms with Gasteiger partial charge in [0.1, 0.15) is 0 Å². The molecule has 1 radical (unpaired) electrons. The fourth-order valence-corrected chi connectivity index (χ4v) is 5.56. The average Bonchev–Trinajstić information content (AvgIpc) is 3.05. The fraction of sp³-hybridized carbons (Fsp3) is 0.0513. The van der Waals surface area contributed by atoms with Gasteiger partial charge in [0.15, 0.2) is 5.78 Å². The third kappa shape index (κ3) is 6.07. The molecule has 0 saturated carbocycles. The predicted molar refractivity (Wildman–Crippen MR) is 178 cm³/mol. The van der Waals surface area contributed by atoms with Crippen molar-refractivity contribution in [2.24, 2.45) is 0 Å². The molecule has 217 valence electrons. The molecule has 1 N–H and O–H groups in total. The molecule has 44 heavy (non-hydrogen) atoms. The van der Waals surface area contributed by atoms with Crippen LogP contribution in [0, 0.1) is 12.1 Å². The first-order valence-corrected chi connectivity index (χ1v) is 14.0. The van der Waals surface area contributed by atoms with Crippen LogP contribution < -0.4 is 0 Å². The molecule has 6 aromatic carbocycles. The summed E-state index contributed by atoms with van der Waals surface area (Å²) in [6.45, 7) is 2.85. The summed E-state index contributed by atoms with van der Waals surface area (Å²) in [5.74, 6) is -0.0625. The number of aliphatic hydroxyl groups excluding tert-OH is 1. The van der Waals surface area contributed by atoms with Gasteiger partial charge in [-0.2, -0.15) is 0 Å². The Morgan fingerprint density at radius 2 is 0.932 bits per heavy atom. The van der Waals surface area contributed by atoms with Crippen molar-refractivity contribution >= 4 is 70.7 Å². The second-order valence-corrected chi connectivity index (χ2v) is 10.2. The predicted octanol–water partition coefficient (Wildman–Crippen LogP) is 9.72. The van der Waals surface area contributed by atoms with E-state index in [1.807, 2.05) is 48.8 Å². The Kier molecular flexibility index (Phi) is 9.40. The van der Waals surface area contributed by atoms with Gasteiger partial charge in [-0.25, -0.2) is 0 Å². The molecule has 0 atom stereocenters. The van der Waals surface area contributed by atoms with Crippen LogP contribution in [-0.2, 0) is 24.9 Å². The van der Waals surface area contributed by atoms with Gasteiger partial charge in [0, 0.05) is 38.6 Å². The van der Waals surface area contributed by atoms with Crippen molar-refractivity contribution in [1.29, 1.82) is 0 Å². The quantitative estimate of drug-likeness (QED) is 0.0787. The van der Waals surface area contributed by atoms with Crippen molar-refractivity contribution in [1.82, 2.24) is 9.97 Å². The summed E-state index contributed by atoms with van der Waals surface area (Å²) in [7, 11) is 0. The number of ketones is 1. The molecule has 0 saturated heterocycles. The molecule has 0 aliphatic heterocycles. The fourth-order valence-electron chi connectivity index (χ4n) is 5.56. The zero-order valence-corrected chi connectivity index (χ0v) is 26.6. The smallest absolute Gasteiger partial charge is 0.155 e. The van der Waals surface area contributed by atoms with Crippen LogP contribution in [0.15, 0.2) is 133 Å². The minimum absolute atomic E-state index is 0. The molecule has 0 unspecified atom stereocenters. The number of benzene rings is 6. The van der Waals surface area contributed by atoms with E-state index in [0.717, 1.165) is 21.8 Å². The zero-order chi connectivity index (χ0) is 29.8. The number of aromatic nitrogens is 2. The Labute approximate surface area is 269 Å². The third-order valence-corrected chi connectivity index (χ3v) is 7.23. The van der Waals surface area contributed by atoms with E-state index >= 15 is 0 Å². The Hall–Kier alpha value is -4.96. The molecule has 8 rings (SSSR count). The number of carbonyl (C=O) groups is 1. The van der Waals surface area contributed by atoms with E-state index in [1.165, 1.54) is 63.0 Å². The summed E-state index contributed by atoms with van der Waals surface area (Å²) in [4.78, 5) is 19.1. The van der Waals surface area contributed by atoms with E-state index in [2.05, 4.69) is 94.9 Å². The molecule has 0 bridgehead atoms. The summed E-state index contributed by atoms with van der Waals surface area (Å²) in [5.41, 5.74) is 2.07. The molecular formula is C39H28IrN2O2-2. The third-order valence-electron chi connectivity index (χ3n) is 7.23. The molecule has 0 aliphatic rings. The molecule has 8 aromatic rings. The van der Waals surface area contributed by atoms with Crippen molar-refractivity contribution in [2.75, 3.05) is 0 Å². The first-order valence-electron chi connectivity index (χ1n) is 14.0. The van der Waals surface area contributed by atoms with Gasteiger partial charge in [-0.3, -0.25) is 4.79 Å². The molecule has 5 heteroatoms. The molecule has 0 amide bonds. The molecular weight excluding hydrogens is 721 g/mol. The molecule has 4 nitrogen and oxygen atoms in total. The zero-order valence-electron chi connectivity index (χ0n) is 24.2. The van der Waals surface area contributed by atoms with Gasteiger partial charge in [-0.1, -0.05) is 82.2 Å². The maximum Gasteiger partial charge on any atom is 0.155 e. The molecule has 0 spiro atoms. The maximum atomic E-state index is 10.0. The first-order chi connectivity index (χ1) is 21.0. The van der Waals surface area contributed by atoms with E-state index in [9.17, 15) is 4.79 Å². The summed E-state index contributed by atoms with van der Waals surface area (Å²) in [6, 6.07) is 44.1. The maximum absolute atomic E-state index is 10.0.